The molecule has 1 fully saturated rings. The van der Waals surface area contributed by atoms with Crippen molar-refractivity contribution in [2.24, 2.45) is 0 Å². The van der Waals surface area contributed by atoms with Gasteiger partial charge >= 0.3 is 11.9 Å². The van der Waals surface area contributed by atoms with E-state index in [2.05, 4.69) is 25.3 Å². The lowest BCUT2D eigenvalue weighted by molar-refractivity contribution is -0.162. The molecule has 2 heterocycles. The van der Waals surface area contributed by atoms with E-state index in [9.17, 15) is 22.8 Å². The molecule has 0 saturated carbocycles. The Labute approximate surface area is 265 Å². The van der Waals surface area contributed by atoms with Crippen LogP contribution in [-0.4, -0.2) is 54.9 Å². The molecule has 3 aromatic rings. The van der Waals surface area contributed by atoms with E-state index in [0.717, 1.165) is 40.9 Å². The Morgan fingerprint density at radius 1 is 1.09 bits per heavy atom. The van der Waals surface area contributed by atoms with Crippen molar-refractivity contribution in [3.63, 3.8) is 0 Å². The second-order valence-electron chi connectivity index (χ2n) is 11.6. The van der Waals surface area contributed by atoms with Crippen molar-refractivity contribution in [3.8, 4) is 11.1 Å². The van der Waals surface area contributed by atoms with Crippen molar-refractivity contribution in [1.82, 2.24) is 20.0 Å². The minimum Gasteiger partial charge on any atom is -0.391 e. The Morgan fingerprint density at radius 2 is 1.84 bits per heavy atom. The van der Waals surface area contributed by atoms with Crippen molar-refractivity contribution >= 4 is 33.6 Å². The van der Waals surface area contributed by atoms with E-state index in [1.165, 1.54) is 6.07 Å². The number of amides is 1. The Bertz CT molecular complexity index is 1610. The van der Waals surface area contributed by atoms with E-state index in [-0.39, 0.29) is 29.3 Å². The molecule has 1 amide bonds. The molecule has 0 aliphatic carbocycles. The van der Waals surface area contributed by atoms with Gasteiger partial charge in [0.05, 0.1) is 17.7 Å². The number of nitrogens with zero attached hydrogens (tertiary/aromatic N) is 1. The number of carbonyl (C=O) groups excluding carboxylic acids is 3. The topological polar surface area (TPSA) is 159 Å². The zero-order valence-corrected chi connectivity index (χ0v) is 27.2. The van der Waals surface area contributed by atoms with Gasteiger partial charge in [-0.25, -0.2) is 23.0 Å². The normalized spacial score (nSPS) is 15.8. The molecule has 0 radical (unpaired) electrons. The maximum atomic E-state index is 14.1. The number of rotatable bonds is 13. The van der Waals surface area contributed by atoms with Gasteiger partial charge in [0.25, 0.3) is 0 Å². The zero-order chi connectivity index (χ0) is 32.6. The summed E-state index contributed by atoms with van der Waals surface area (Å²) in [5.41, 5.74) is 5.03. The van der Waals surface area contributed by atoms with Crippen LogP contribution in [-0.2, 0) is 35.6 Å². The number of hydrogen-bond acceptors (Lipinski definition) is 8. The number of aromatic amines is 1. The van der Waals surface area contributed by atoms with Gasteiger partial charge in [0.2, 0.25) is 15.9 Å². The van der Waals surface area contributed by atoms with Gasteiger partial charge in [0, 0.05) is 17.7 Å². The number of nitrogens with one attached hydrogen (secondary N) is 4. The predicted octanol–water partition coefficient (Wildman–Crippen LogP) is 4.62. The average molecular weight is 638 g/mol. The van der Waals surface area contributed by atoms with Gasteiger partial charge in [-0.15, -0.1) is 0 Å². The summed E-state index contributed by atoms with van der Waals surface area (Å²) in [5.74, 6) is -2.03. The van der Waals surface area contributed by atoms with E-state index in [0.29, 0.717) is 37.8 Å². The van der Waals surface area contributed by atoms with Crippen molar-refractivity contribution in [2.45, 2.75) is 96.0 Å². The maximum Gasteiger partial charge on any atom is 0.331 e. The minimum atomic E-state index is -4.41. The summed E-state index contributed by atoms with van der Waals surface area (Å²) in [6.07, 6.45) is 5.57. The van der Waals surface area contributed by atoms with Gasteiger partial charge in [-0.2, -0.15) is 4.72 Å². The summed E-state index contributed by atoms with van der Waals surface area (Å²) >= 11 is 0. The third-order valence-corrected chi connectivity index (χ3v) is 9.32. The van der Waals surface area contributed by atoms with Crippen molar-refractivity contribution in [1.29, 1.82) is 0 Å². The molecule has 12 heteroatoms. The Kier molecular flexibility index (Phi) is 11.7. The molecule has 2 atom stereocenters. The first-order valence-electron chi connectivity index (χ1n) is 15.5. The standard InChI is InChI=1S/C33H43N5O6S/c1-5-10-30(39)37-31-25(24-18-21(2)17-22(3)19-24)11-8-15-29(31)45(42,43)38-28(14-9-13-26-23(4)35-20-36-26)33(41)44-32(40)27-12-6-7-16-34-27/h8,11,15,17-20,27-28,34,38H,5-7,9-10,12-14,16H2,1-4H3,(H,35,36)(H,37,39). The first-order valence-corrected chi connectivity index (χ1v) is 17.0. The lowest BCUT2D eigenvalue weighted by atomic mass is 9.99. The van der Waals surface area contributed by atoms with Crippen LogP contribution in [0.25, 0.3) is 11.1 Å². The van der Waals surface area contributed by atoms with Crippen molar-refractivity contribution < 1.29 is 27.5 Å². The highest BCUT2D eigenvalue weighted by Gasteiger charge is 2.33. The molecule has 1 aliphatic heterocycles. The van der Waals surface area contributed by atoms with E-state index in [1.807, 2.05) is 45.9 Å². The summed E-state index contributed by atoms with van der Waals surface area (Å²) < 4.78 is 35.9. The quantitative estimate of drug-likeness (QED) is 0.156. The molecular formula is C33H43N5O6S. The van der Waals surface area contributed by atoms with Crippen LogP contribution in [0.5, 0.6) is 0 Å². The molecule has 1 aliphatic rings. The molecule has 45 heavy (non-hydrogen) atoms. The number of piperidine rings is 1. The number of esters is 2. The lowest BCUT2D eigenvalue weighted by Crippen LogP contribution is -2.46. The third kappa shape index (κ3) is 9.09. The van der Waals surface area contributed by atoms with E-state index >= 15 is 0 Å². The number of H-pyrrole nitrogens is 1. The van der Waals surface area contributed by atoms with Crippen LogP contribution in [0, 0.1) is 20.8 Å². The van der Waals surface area contributed by atoms with Crippen LogP contribution in [0.3, 0.4) is 0 Å². The van der Waals surface area contributed by atoms with Crippen LogP contribution in [0.15, 0.2) is 47.6 Å². The first kappa shape index (κ1) is 34.0. The predicted molar refractivity (Wildman–Crippen MR) is 172 cm³/mol. The molecule has 0 spiro atoms. The fourth-order valence-corrected chi connectivity index (χ4v) is 6.97. The number of benzene rings is 2. The highest BCUT2D eigenvalue weighted by molar-refractivity contribution is 7.89. The molecule has 4 rings (SSSR count). The Morgan fingerprint density at radius 3 is 2.49 bits per heavy atom. The lowest BCUT2D eigenvalue weighted by Gasteiger charge is -2.23. The van der Waals surface area contributed by atoms with Gasteiger partial charge < -0.3 is 20.4 Å². The largest absolute Gasteiger partial charge is 0.391 e. The van der Waals surface area contributed by atoms with Gasteiger partial charge in [0.15, 0.2) is 0 Å². The molecule has 11 nitrogen and oxygen atoms in total. The summed E-state index contributed by atoms with van der Waals surface area (Å²) in [6, 6.07) is 8.61. The molecule has 1 saturated heterocycles. The number of aromatic nitrogens is 2. The zero-order valence-electron chi connectivity index (χ0n) is 26.4. The highest BCUT2D eigenvalue weighted by atomic mass is 32.2. The molecular weight excluding hydrogens is 594 g/mol. The summed E-state index contributed by atoms with van der Waals surface area (Å²) in [5, 5.41) is 5.87. The number of aryl methyl sites for hydroxylation is 4. The van der Waals surface area contributed by atoms with Gasteiger partial charge in [-0.3, -0.25) is 4.79 Å². The van der Waals surface area contributed by atoms with Crippen LogP contribution in [0.2, 0.25) is 0 Å². The fraction of sp³-hybridized carbons (Fsp3) is 0.455. The number of carbonyl (C=O) groups is 3. The molecule has 2 unspecified atom stereocenters. The fourth-order valence-electron chi connectivity index (χ4n) is 5.57. The van der Waals surface area contributed by atoms with Crippen LogP contribution in [0.4, 0.5) is 5.69 Å². The number of ether oxygens (including phenoxy) is 1. The van der Waals surface area contributed by atoms with Crippen molar-refractivity contribution in [3.05, 3.63) is 65.2 Å². The molecule has 2 aromatic carbocycles. The van der Waals surface area contributed by atoms with E-state index < -0.39 is 34.0 Å². The highest BCUT2D eigenvalue weighted by Crippen LogP contribution is 2.35. The Balaban J connectivity index is 1.67. The second kappa shape index (κ2) is 15.4. The van der Waals surface area contributed by atoms with Crippen LogP contribution in [0.1, 0.15) is 74.4 Å². The second-order valence-corrected chi connectivity index (χ2v) is 13.3. The summed E-state index contributed by atoms with van der Waals surface area (Å²) in [7, 11) is -4.41. The van der Waals surface area contributed by atoms with E-state index in [1.54, 1.807) is 18.5 Å². The number of imidazole rings is 1. The van der Waals surface area contributed by atoms with Crippen LogP contribution < -0.4 is 15.4 Å². The summed E-state index contributed by atoms with van der Waals surface area (Å²) in [4.78, 5) is 46.1. The smallest absolute Gasteiger partial charge is 0.331 e. The third-order valence-electron chi connectivity index (χ3n) is 7.81. The number of para-hydroxylation sites is 1. The number of hydrogen-bond donors (Lipinski definition) is 4. The molecule has 0 bridgehead atoms. The van der Waals surface area contributed by atoms with Gasteiger partial charge in [-0.1, -0.05) is 54.8 Å². The average Bonchev–Trinajstić information content (AvgIpc) is 3.40. The van der Waals surface area contributed by atoms with Gasteiger partial charge in [-0.05, 0) is 77.5 Å². The first-order chi connectivity index (χ1) is 21.5. The minimum absolute atomic E-state index is 0.0596. The molecule has 1 aromatic heterocycles. The maximum absolute atomic E-state index is 14.1. The molecule has 242 valence electrons. The van der Waals surface area contributed by atoms with Crippen molar-refractivity contribution in [2.75, 3.05) is 11.9 Å². The summed E-state index contributed by atoms with van der Waals surface area (Å²) in [6.45, 7) is 8.26. The van der Waals surface area contributed by atoms with Crippen LogP contribution >= 0.6 is 0 Å². The van der Waals surface area contributed by atoms with Gasteiger partial charge in [0.1, 0.15) is 17.0 Å². The monoisotopic (exact) mass is 637 g/mol. The number of sulfonamides is 1. The Hall–Kier alpha value is -3.87. The SMILES string of the molecule is CCCC(=O)Nc1c(-c2cc(C)cc(C)c2)cccc1S(=O)(=O)NC(CCCc1nc[nH]c1C)C(=O)OC(=O)C1CCCCN1. The molecule has 4 N–H and O–H groups in total. The number of anilines is 1. The van der Waals surface area contributed by atoms with E-state index in [4.69, 9.17) is 4.74 Å².